The molecule has 1 heterocycles. The third kappa shape index (κ3) is 5.99. The van der Waals surface area contributed by atoms with E-state index in [1.165, 1.54) is 11.1 Å². The van der Waals surface area contributed by atoms with E-state index >= 15 is 0 Å². The van der Waals surface area contributed by atoms with Gasteiger partial charge in [-0.15, -0.1) is 0 Å². The number of ether oxygens (including phenoxy) is 1. The van der Waals surface area contributed by atoms with Gasteiger partial charge < -0.3 is 15.4 Å². The minimum Gasteiger partial charge on any atom is -0.497 e. The maximum absolute atomic E-state index is 5.19. The summed E-state index contributed by atoms with van der Waals surface area (Å²) in [6.45, 7) is 3.49. The zero-order valence-corrected chi connectivity index (χ0v) is 15.9. The van der Waals surface area contributed by atoms with E-state index in [1.807, 2.05) is 43.3 Å². The van der Waals surface area contributed by atoms with Gasteiger partial charge in [0.05, 0.1) is 7.11 Å². The van der Waals surface area contributed by atoms with E-state index in [4.69, 9.17) is 4.74 Å². The number of anilines is 2. The molecule has 0 aliphatic rings. The first-order chi connectivity index (χ1) is 13.2. The van der Waals surface area contributed by atoms with E-state index in [1.54, 1.807) is 7.11 Å². The molecule has 0 radical (unpaired) electrons. The van der Waals surface area contributed by atoms with Crippen LogP contribution in [0.2, 0.25) is 0 Å². The molecule has 5 nitrogen and oxygen atoms in total. The van der Waals surface area contributed by atoms with Crippen LogP contribution < -0.4 is 15.4 Å². The number of nitrogens with one attached hydrogen (secondary N) is 2. The molecule has 0 atom stereocenters. The van der Waals surface area contributed by atoms with Gasteiger partial charge in [-0.3, -0.25) is 0 Å². The number of methoxy groups -OCH3 is 1. The van der Waals surface area contributed by atoms with E-state index in [0.29, 0.717) is 6.54 Å². The van der Waals surface area contributed by atoms with Gasteiger partial charge >= 0.3 is 0 Å². The van der Waals surface area contributed by atoms with Crippen molar-refractivity contribution in [2.45, 2.75) is 26.3 Å². The highest BCUT2D eigenvalue weighted by molar-refractivity contribution is 5.48. The van der Waals surface area contributed by atoms with Gasteiger partial charge in [0.15, 0.2) is 0 Å². The second-order valence-corrected chi connectivity index (χ2v) is 6.40. The Hall–Kier alpha value is -3.08. The average Bonchev–Trinajstić information content (AvgIpc) is 2.70. The van der Waals surface area contributed by atoms with Crippen LogP contribution >= 0.6 is 0 Å². The SMILES string of the molecule is COc1ccc(CNc2cc(NCCCc3ccccc3)nc(C)n2)cc1. The van der Waals surface area contributed by atoms with Gasteiger partial charge in [-0.2, -0.15) is 0 Å². The van der Waals surface area contributed by atoms with Crippen LogP contribution in [0.1, 0.15) is 23.4 Å². The van der Waals surface area contributed by atoms with E-state index in [0.717, 1.165) is 42.6 Å². The molecule has 140 valence electrons. The second kappa shape index (κ2) is 9.57. The summed E-state index contributed by atoms with van der Waals surface area (Å²) >= 11 is 0. The van der Waals surface area contributed by atoms with Gasteiger partial charge in [-0.25, -0.2) is 9.97 Å². The Bertz CT molecular complexity index is 835. The fraction of sp³-hybridized carbons (Fsp3) is 0.273. The third-order valence-corrected chi connectivity index (χ3v) is 4.26. The summed E-state index contributed by atoms with van der Waals surface area (Å²) in [7, 11) is 1.67. The molecule has 0 amide bonds. The monoisotopic (exact) mass is 362 g/mol. The molecule has 3 aromatic rings. The molecule has 3 rings (SSSR count). The van der Waals surface area contributed by atoms with E-state index < -0.39 is 0 Å². The quantitative estimate of drug-likeness (QED) is 0.551. The fourth-order valence-corrected chi connectivity index (χ4v) is 2.84. The zero-order valence-electron chi connectivity index (χ0n) is 15.9. The summed E-state index contributed by atoms with van der Waals surface area (Å²) in [4.78, 5) is 8.95. The standard InChI is InChI=1S/C22H26N4O/c1-17-25-21(23-14-6-9-18-7-4-3-5-8-18)15-22(26-17)24-16-19-10-12-20(27-2)13-11-19/h3-5,7-8,10-13,15H,6,9,14,16H2,1-2H3,(H2,23,24,25,26). The topological polar surface area (TPSA) is 59.1 Å². The van der Waals surface area contributed by atoms with Crippen molar-refractivity contribution in [3.05, 3.63) is 77.6 Å². The molecule has 0 saturated carbocycles. The molecular weight excluding hydrogens is 336 g/mol. The molecule has 0 spiro atoms. The van der Waals surface area contributed by atoms with E-state index in [2.05, 4.69) is 44.9 Å². The normalized spacial score (nSPS) is 10.4. The minimum absolute atomic E-state index is 0.702. The number of hydrogen-bond donors (Lipinski definition) is 2. The van der Waals surface area contributed by atoms with Crippen molar-refractivity contribution in [2.24, 2.45) is 0 Å². The molecule has 0 bridgehead atoms. The highest BCUT2D eigenvalue weighted by atomic mass is 16.5. The van der Waals surface area contributed by atoms with Gasteiger partial charge in [0.25, 0.3) is 0 Å². The van der Waals surface area contributed by atoms with Crippen LogP contribution in [0.3, 0.4) is 0 Å². The number of hydrogen-bond acceptors (Lipinski definition) is 5. The van der Waals surface area contributed by atoms with Gasteiger partial charge in [0.2, 0.25) is 0 Å². The molecule has 0 aliphatic carbocycles. The molecule has 0 aliphatic heterocycles. The van der Waals surface area contributed by atoms with Crippen molar-refractivity contribution in [2.75, 3.05) is 24.3 Å². The molecule has 27 heavy (non-hydrogen) atoms. The smallest absolute Gasteiger partial charge is 0.132 e. The van der Waals surface area contributed by atoms with Crippen LogP contribution in [0.4, 0.5) is 11.6 Å². The maximum atomic E-state index is 5.19. The molecule has 2 N–H and O–H groups in total. The van der Waals surface area contributed by atoms with Crippen molar-refractivity contribution < 1.29 is 4.74 Å². The van der Waals surface area contributed by atoms with Crippen molar-refractivity contribution in [3.8, 4) is 5.75 Å². The summed E-state index contributed by atoms with van der Waals surface area (Å²) in [5.74, 6) is 3.29. The second-order valence-electron chi connectivity index (χ2n) is 6.40. The molecule has 1 aromatic heterocycles. The van der Waals surface area contributed by atoms with Crippen LogP contribution in [0.5, 0.6) is 5.75 Å². The Labute approximate surface area is 160 Å². The summed E-state index contributed by atoms with van der Waals surface area (Å²) in [5, 5.41) is 6.77. The summed E-state index contributed by atoms with van der Waals surface area (Å²) in [5.41, 5.74) is 2.53. The Morgan fingerprint density at radius 3 is 2.26 bits per heavy atom. The molecular formula is C22H26N4O. The van der Waals surface area contributed by atoms with Gasteiger partial charge in [-0.1, -0.05) is 42.5 Å². The summed E-state index contributed by atoms with van der Waals surface area (Å²) in [6, 6.07) is 20.5. The Balaban J connectivity index is 1.50. The molecule has 5 heteroatoms. The number of aromatic nitrogens is 2. The number of rotatable bonds is 9. The van der Waals surface area contributed by atoms with Crippen molar-refractivity contribution >= 4 is 11.6 Å². The molecule has 0 fully saturated rings. The lowest BCUT2D eigenvalue weighted by atomic mass is 10.1. The predicted octanol–water partition coefficient (Wildman–Crippen LogP) is 4.45. The minimum atomic E-state index is 0.702. The fourth-order valence-electron chi connectivity index (χ4n) is 2.84. The molecule has 0 unspecified atom stereocenters. The van der Waals surface area contributed by atoms with Crippen LogP contribution in [0.15, 0.2) is 60.7 Å². The maximum Gasteiger partial charge on any atom is 0.132 e. The largest absolute Gasteiger partial charge is 0.497 e. The van der Waals surface area contributed by atoms with E-state index in [9.17, 15) is 0 Å². The first-order valence-electron chi connectivity index (χ1n) is 9.23. The molecule has 2 aromatic carbocycles. The zero-order chi connectivity index (χ0) is 18.9. The number of nitrogens with zero attached hydrogens (tertiary/aromatic N) is 2. The first kappa shape index (κ1) is 18.7. The number of aryl methyl sites for hydroxylation is 2. The lowest BCUT2D eigenvalue weighted by Gasteiger charge is -2.11. The van der Waals surface area contributed by atoms with Gasteiger partial charge in [0, 0.05) is 19.2 Å². The van der Waals surface area contributed by atoms with Gasteiger partial charge in [0.1, 0.15) is 23.2 Å². The van der Waals surface area contributed by atoms with Crippen molar-refractivity contribution in [1.29, 1.82) is 0 Å². The van der Waals surface area contributed by atoms with Crippen LogP contribution in [0.25, 0.3) is 0 Å². The Morgan fingerprint density at radius 1 is 0.852 bits per heavy atom. The van der Waals surface area contributed by atoms with Crippen LogP contribution in [0, 0.1) is 6.92 Å². The Morgan fingerprint density at radius 2 is 1.56 bits per heavy atom. The van der Waals surface area contributed by atoms with Crippen LogP contribution in [-0.4, -0.2) is 23.6 Å². The Kier molecular flexibility index (Phi) is 6.63. The lowest BCUT2D eigenvalue weighted by Crippen LogP contribution is -2.08. The average molecular weight is 362 g/mol. The summed E-state index contributed by atoms with van der Waals surface area (Å²) < 4.78 is 5.19. The van der Waals surface area contributed by atoms with Gasteiger partial charge in [-0.05, 0) is 43.0 Å². The first-order valence-corrected chi connectivity index (χ1v) is 9.23. The molecule has 0 saturated heterocycles. The predicted molar refractivity (Wildman–Crippen MR) is 110 cm³/mol. The van der Waals surface area contributed by atoms with Crippen molar-refractivity contribution in [3.63, 3.8) is 0 Å². The highest BCUT2D eigenvalue weighted by Crippen LogP contribution is 2.15. The van der Waals surface area contributed by atoms with E-state index in [-0.39, 0.29) is 0 Å². The highest BCUT2D eigenvalue weighted by Gasteiger charge is 2.03. The van der Waals surface area contributed by atoms with Crippen molar-refractivity contribution in [1.82, 2.24) is 9.97 Å². The lowest BCUT2D eigenvalue weighted by molar-refractivity contribution is 0.414. The third-order valence-electron chi connectivity index (χ3n) is 4.26. The number of benzene rings is 2. The van der Waals surface area contributed by atoms with Crippen LogP contribution in [-0.2, 0) is 13.0 Å². The summed E-state index contributed by atoms with van der Waals surface area (Å²) in [6.07, 6.45) is 2.11.